The second kappa shape index (κ2) is 3.98. The van der Waals surface area contributed by atoms with Crippen molar-refractivity contribution in [2.45, 2.75) is 34.6 Å². The van der Waals surface area contributed by atoms with Gasteiger partial charge in [-0.15, -0.1) is 0 Å². The lowest BCUT2D eigenvalue weighted by Crippen LogP contribution is -2.09. The van der Waals surface area contributed by atoms with E-state index >= 15 is 0 Å². The van der Waals surface area contributed by atoms with E-state index in [1.54, 1.807) is 6.07 Å². The summed E-state index contributed by atoms with van der Waals surface area (Å²) in [5.74, 6) is 1.46. The van der Waals surface area contributed by atoms with Gasteiger partial charge in [-0.25, -0.2) is 4.98 Å². The van der Waals surface area contributed by atoms with Crippen LogP contribution in [-0.4, -0.2) is 11.5 Å². The predicted molar refractivity (Wildman–Crippen MR) is 73.2 cm³/mol. The van der Waals surface area contributed by atoms with Crippen molar-refractivity contribution >= 4 is 5.82 Å². The van der Waals surface area contributed by atoms with Gasteiger partial charge in [0.25, 0.3) is 0 Å². The number of aromatic nitrogens is 1. The Balaban J connectivity index is 2.05. The fourth-order valence-electron chi connectivity index (χ4n) is 2.87. The summed E-state index contributed by atoms with van der Waals surface area (Å²) < 4.78 is 0. The third kappa shape index (κ3) is 1.96. The molecular weight excluding hydrogens is 222 g/mol. The Labute approximate surface area is 109 Å². The average molecular weight is 243 g/mol. The van der Waals surface area contributed by atoms with Crippen molar-refractivity contribution in [2.24, 2.45) is 16.7 Å². The number of rotatable bonds is 3. The van der Waals surface area contributed by atoms with E-state index in [-0.39, 0.29) is 0 Å². The third-order valence-electron chi connectivity index (χ3n) is 4.89. The predicted octanol–water partition coefficient (Wildman–Crippen LogP) is 3.36. The van der Waals surface area contributed by atoms with E-state index in [4.69, 9.17) is 5.26 Å². The molecule has 0 bridgehead atoms. The zero-order valence-corrected chi connectivity index (χ0v) is 11.8. The molecule has 3 nitrogen and oxygen atoms in total. The SMILES string of the molecule is Cc1cc(C#N)cc(NCC2C(C)(C)C2(C)C)n1. The van der Waals surface area contributed by atoms with Crippen LogP contribution >= 0.6 is 0 Å². The Hall–Kier alpha value is -1.56. The first-order chi connectivity index (χ1) is 8.29. The van der Waals surface area contributed by atoms with E-state index < -0.39 is 0 Å². The van der Waals surface area contributed by atoms with E-state index in [9.17, 15) is 0 Å². The van der Waals surface area contributed by atoms with Gasteiger partial charge < -0.3 is 5.32 Å². The Morgan fingerprint density at radius 3 is 2.39 bits per heavy atom. The van der Waals surface area contributed by atoms with E-state index in [1.807, 2.05) is 13.0 Å². The van der Waals surface area contributed by atoms with Crippen molar-refractivity contribution in [3.63, 3.8) is 0 Å². The summed E-state index contributed by atoms with van der Waals surface area (Å²) in [7, 11) is 0. The summed E-state index contributed by atoms with van der Waals surface area (Å²) in [6.07, 6.45) is 0. The Morgan fingerprint density at radius 2 is 1.89 bits per heavy atom. The van der Waals surface area contributed by atoms with Crippen molar-refractivity contribution in [3.05, 3.63) is 23.4 Å². The van der Waals surface area contributed by atoms with Crippen LogP contribution in [0.1, 0.15) is 39.0 Å². The summed E-state index contributed by atoms with van der Waals surface area (Å²) in [6.45, 7) is 12.1. The maximum atomic E-state index is 8.94. The zero-order valence-electron chi connectivity index (χ0n) is 11.8. The van der Waals surface area contributed by atoms with Gasteiger partial charge in [-0.1, -0.05) is 27.7 Å². The largest absolute Gasteiger partial charge is 0.370 e. The molecule has 1 fully saturated rings. The van der Waals surface area contributed by atoms with Crippen LogP contribution in [0.3, 0.4) is 0 Å². The fraction of sp³-hybridized carbons (Fsp3) is 0.600. The number of hydrogen-bond acceptors (Lipinski definition) is 3. The normalized spacial score (nSPS) is 20.2. The number of hydrogen-bond donors (Lipinski definition) is 1. The number of anilines is 1. The zero-order chi connectivity index (χ0) is 13.6. The molecule has 1 saturated carbocycles. The van der Waals surface area contributed by atoms with Crippen molar-refractivity contribution in [3.8, 4) is 6.07 Å². The van der Waals surface area contributed by atoms with E-state index in [0.717, 1.165) is 18.1 Å². The van der Waals surface area contributed by atoms with Crippen LogP contribution in [0.5, 0.6) is 0 Å². The highest BCUT2D eigenvalue weighted by atomic mass is 15.0. The van der Waals surface area contributed by atoms with Crippen LogP contribution in [0.25, 0.3) is 0 Å². The summed E-state index contributed by atoms with van der Waals surface area (Å²) >= 11 is 0. The molecule has 0 aromatic carbocycles. The molecule has 1 aromatic rings. The molecule has 1 aliphatic rings. The molecule has 0 radical (unpaired) electrons. The number of nitrogens with zero attached hydrogens (tertiary/aromatic N) is 2. The van der Waals surface area contributed by atoms with Crippen molar-refractivity contribution in [1.82, 2.24) is 4.98 Å². The fourth-order valence-corrected chi connectivity index (χ4v) is 2.87. The smallest absolute Gasteiger partial charge is 0.127 e. The van der Waals surface area contributed by atoms with Crippen molar-refractivity contribution < 1.29 is 0 Å². The molecule has 0 atom stereocenters. The molecule has 0 amide bonds. The molecule has 0 aliphatic heterocycles. The van der Waals surface area contributed by atoms with Crippen LogP contribution in [0.4, 0.5) is 5.82 Å². The first-order valence-electron chi connectivity index (χ1n) is 6.41. The molecule has 96 valence electrons. The minimum absolute atomic E-state index is 0.377. The maximum Gasteiger partial charge on any atom is 0.127 e. The lowest BCUT2D eigenvalue weighted by atomic mass is 10.0. The van der Waals surface area contributed by atoms with E-state index in [1.165, 1.54) is 0 Å². The second-order valence-electron chi connectivity index (χ2n) is 6.37. The van der Waals surface area contributed by atoms with Crippen LogP contribution < -0.4 is 5.32 Å². The van der Waals surface area contributed by atoms with Gasteiger partial charge in [0.05, 0.1) is 11.6 Å². The molecule has 1 N–H and O–H groups in total. The molecular formula is C15H21N3. The number of aryl methyl sites for hydroxylation is 1. The molecule has 1 heterocycles. The summed E-state index contributed by atoms with van der Waals surface area (Å²) in [5, 5.41) is 12.3. The molecule has 0 saturated heterocycles. The third-order valence-corrected chi connectivity index (χ3v) is 4.89. The molecule has 1 aliphatic carbocycles. The lowest BCUT2D eigenvalue weighted by molar-refractivity contribution is 0.457. The van der Waals surface area contributed by atoms with E-state index in [0.29, 0.717) is 22.3 Å². The molecule has 1 aromatic heterocycles. The molecule has 3 heteroatoms. The minimum atomic E-state index is 0.377. The van der Waals surface area contributed by atoms with Gasteiger partial charge in [0.15, 0.2) is 0 Å². The summed E-state index contributed by atoms with van der Waals surface area (Å²) in [6, 6.07) is 5.78. The van der Waals surface area contributed by atoms with Gasteiger partial charge in [0.2, 0.25) is 0 Å². The van der Waals surface area contributed by atoms with Crippen LogP contribution in [0.15, 0.2) is 12.1 Å². The Kier molecular flexibility index (Phi) is 2.85. The monoisotopic (exact) mass is 243 g/mol. The van der Waals surface area contributed by atoms with Crippen LogP contribution in [-0.2, 0) is 0 Å². The van der Waals surface area contributed by atoms with Crippen LogP contribution in [0, 0.1) is 35.0 Å². The van der Waals surface area contributed by atoms with Crippen molar-refractivity contribution in [2.75, 3.05) is 11.9 Å². The Bertz CT molecular complexity index is 495. The molecule has 2 rings (SSSR count). The lowest BCUT2D eigenvalue weighted by Gasteiger charge is -2.08. The highest BCUT2D eigenvalue weighted by Gasteiger charge is 2.64. The van der Waals surface area contributed by atoms with Gasteiger partial charge in [-0.2, -0.15) is 5.26 Å². The molecule has 18 heavy (non-hydrogen) atoms. The summed E-state index contributed by atoms with van der Waals surface area (Å²) in [5.41, 5.74) is 2.30. The van der Waals surface area contributed by atoms with Gasteiger partial charge in [0.1, 0.15) is 5.82 Å². The topological polar surface area (TPSA) is 48.7 Å². The molecule has 0 spiro atoms. The highest BCUT2D eigenvalue weighted by molar-refractivity contribution is 5.44. The van der Waals surface area contributed by atoms with Crippen molar-refractivity contribution in [1.29, 1.82) is 5.26 Å². The average Bonchev–Trinajstić information content (AvgIpc) is 2.66. The number of pyridine rings is 1. The number of nitriles is 1. The molecule has 0 unspecified atom stereocenters. The number of nitrogens with one attached hydrogen (secondary N) is 1. The minimum Gasteiger partial charge on any atom is -0.370 e. The van der Waals surface area contributed by atoms with Crippen LogP contribution in [0.2, 0.25) is 0 Å². The first kappa shape index (κ1) is 12.9. The summed E-state index contributed by atoms with van der Waals surface area (Å²) in [4.78, 5) is 4.41. The maximum absolute atomic E-state index is 8.94. The Morgan fingerprint density at radius 1 is 1.28 bits per heavy atom. The van der Waals surface area contributed by atoms with E-state index in [2.05, 4.69) is 44.1 Å². The first-order valence-corrected chi connectivity index (χ1v) is 6.41. The quantitative estimate of drug-likeness (QED) is 0.885. The standard InChI is InChI=1S/C15H21N3/c1-10-6-11(8-16)7-13(18-10)17-9-12-14(2,3)15(12,4)5/h6-7,12H,9H2,1-5H3,(H,17,18). The highest BCUT2D eigenvalue weighted by Crippen LogP contribution is 2.68. The second-order valence-corrected chi connectivity index (χ2v) is 6.37. The van der Waals surface area contributed by atoms with Gasteiger partial charge in [-0.05, 0) is 35.8 Å². The van der Waals surface area contributed by atoms with Gasteiger partial charge in [-0.3, -0.25) is 0 Å². The van der Waals surface area contributed by atoms with Gasteiger partial charge >= 0.3 is 0 Å². The van der Waals surface area contributed by atoms with Gasteiger partial charge in [0, 0.05) is 12.2 Å².